The molecule has 3 N–H and O–H groups in total. The number of nitrogen functional groups attached to an aromatic ring is 1. The van der Waals surface area contributed by atoms with E-state index in [1.807, 2.05) is 0 Å². The van der Waals surface area contributed by atoms with Crippen LogP contribution in [0.2, 0.25) is 0 Å². The largest absolute Gasteiger partial charge is 0.497 e. The van der Waals surface area contributed by atoms with Crippen LogP contribution in [0.15, 0.2) is 42.5 Å². The highest BCUT2D eigenvalue weighted by Gasteiger charge is 2.13. The summed E-state index contributed by atoms with van der Waals surface area (Å²) in [6.45, 7) is 0.207. The number of nitrogens with zero attached hydrogens (tertiary/aromatic N) is 1. The molecule has 0 unspecified atom stereocenters. The number of hydrogen-bond acceptors (Lipinski definition) is 6. The van der Waals surface area contributed by atoms with Crippen LogP contribution in [0.25, 0.3) is 0 Å². The molecule has 0 aromatic heterocycles. The molecule has 21 heavy (non-hydrogen) atoms. The molecule has 0 aliphatic carbocycles. The van der Waals surface area contributed by atoms with Gasteiger partial charge in [-0.2, -0.15) is 0 Å². The van der Waals surface area contributed by atoms with Gasteiger partial charge in [0.2, 0.25) is 0 Å². The SMILES string of the molecule is COc1cccc(OCc2ccc(NN)c([N+](=O)[O-])c2)c1. The molecule has 2 aromatic rings. The summed E-state index contributed by atoms with van der Waals surface area (Å²) in [4.78, 5) is 10.4. The van der Waals surface area contributed by atoms with Crippen LogP contribution in [0.4, 0.5) is 11.4 Å². The van der Waals surface area contributed by atoms with E-state index in [0.717, 1.165) is 0 Å². The van der Waals surface area contributed by atoms with Crippen molar-refractivity contribution in [2.45, 2.75) is 6.61 Å². The van der Waals surface area contributed by atoms with Gasteiger partial charge in [-0.05, 0) is 23.8 Å². The van der Waals surface area contributed by atoms with E-state index >= 15 is 0 Å². The van der Waals surface area contributed by atoms with E-state index in [1.54, 1.807) is 43.5 Å². The van der Waals surface area contributed by atoms with E-state index < -0.39 is 4.92 Å². The fourth-order valence-corrected chi connectivity index (χ4v) is 1.80. The van der Waals surface area contributed by atoms with Crippen molar-refractivity contribution >= 4 is 11.4 Å². The number of nitro benzene ring substituents is 1. The van der Waals surface area contributed by atoms with Gasteiger partial charge in [-0.3, -0.25) is 16.0 Å². The molecule has 0 amide bonds. The number of nitro groups is 1. The number of benzene rings is 2. The van der Waals surface area contributed by atoms with Gasteiger partial charge < -0.3 is 14.9 Å². The van der Waals surface area contributed by atoms with Crippen molar-refractivity contribution in [1.82, 2.24) is 0 Å². The minimum absolute atomic E-state index is 0.0933. The Morgan fingerprint density at radius 3 is 2.67 bits per heavy atom. The number of nitrogens with one attached hydrogen (secondary N) is 1. The second-order valence-electron chi connectivity index (χ2n) is 4.22. The number of nitrogens with two attached hydrogens (primary N) is 1. The van der Waals surface area contributed by atoms with Crippen LogP contribution in [-0.2, 0) is 6.61 Å². The predicted octanol–water partition coefficient (Wildman–Crippen LogP) is 2.47. The molecule has 0 atom stereocenters. The van der Waals surface area contributed by atoms with Crippen LogP contribution in [-0.4, -0.2) is 12.0 Å². The molecule has 0 fully saturated rings. The number of methoxy groups -OCH3 is 1. The first-order valence-electron chi connectivity index (χ1n) is 6.15. The molecule has 2 aromatic carbocycles. The highest BCUT2D eigenvalue weighted by atomic mass is 16.6. The summed E-state index contributed by atoms with van der Waals surface area (Å²) in [5.41, 5.74) is 3.13. The fraction of sp³-hybridized carbons (Fsp3) is 0.143. The molecule has 0 bridgehead atoms. The van der Waals surface area contributed by atoms with Crippen LogP contribution in [0, 0.1) is 10.1 Å². The Morgan fingerprint density at radius 1 is 1.24 bits per heavy atom. The van der Waals surface area contributed by atoms with Crippen molar-refractivity contribution in [1.29, 1.82) is 0 Å². The zero-order valence-electron chi connectivity index (χ0n) is 11.4. The van der Waals surface area contributed by atoms with E-state index in [9.17, 15) is 10.1 Å². The van der Waals surface area contributed by atoms with Crippen LogP contribution in [0.3, 0.4) is 0 Å². The average molecular weight is 289 g/mol. The van der Waals surface area contributed by atoms with Crippen molar-refractivity contribution in [3.05, 3.63) is 58.1 Å². The summed E-state index contributed by atoms with van der Waals surface area (Å²) < 4.78 is 10.7. The van der Waals surface area contributed by atoms with Gasteiger partial charge >= 0.3 is 0 Å². The second kappa shape index (κ2) is 6.58. The molecule has 0 saturated heterocycles. The zero-order valence-corrected chi connectivity index (χ0v) is 11.4. The normalized spacial score (nSPS) is 10.0. The number of hydrazine groups is 1. The van der Waals surface area contributed by atoms with E-state index in [-0.39, 0.29) is 18.0 Å². The first-order valence-corrected chi connectivity index (χ1v) is 6.15. The van der Waals surface area contributed by atoms with Crippen molar-refractivity contribution in [2.75, 3.05) is 12.5 Å². The lowest BCUT2D eigenvalue weighted by Crippen LogP contribution is -2.09. The summed E-state index contributed by atoms with van der Waals surface area (Å²) in [6, 6.07) is 11.8. The fourth-order valence-electron chi connectivity index (χ4n) is 1.80. The lowest BCUT2D eigenvalue weighted by Gasteiger charge is -2.09. The monoisotopic (exact) mass is 289 g/mol. The van der Waals surface area contributed by atoms with Gasteiger partial charge in [0, 0.05) is 12.1 Å². The Bertz CT molecular complexity index is 646. The molecule has 0 spiro atoms. The maximum Gasteiger partial charge on any atom is 0.294 e. The van der Waals surface area contributed by atoms with Crippen LogP contribution >= 0.6 is 0 Å². The third-order valence-corrected chi connectivity index (χ3v) is 2.86. The number of ether oxygens (including phenoxy) is 2. The van der Waals surface area contributed by atoms with Gasteiger partial charge in [-0.25, -0.2) is 0 Å². The summed E-state index contributed by atoms with van der Waals surface area (Å²) >= 11 is 0. The first kappa shape index (κ1) is 14.6. The summed E-state index contributed by atoms with van der Waals surface area (Å²) in [7, 11) is 1.57. The van der Waals surface area contributed by atoms with Crippen LogP contribution in [0.1, 0.15) is 5.56 Å². The quantitative estimate of drug-likeness (QED) is 0.481. The third kappa shape index (κ3) is 3.61. The molecule has 0 saturated carbocycles. The lowest BCUT2D eigenvalue weighted by atomic mass is 10.2. The molecule has 0 heterocycles. The van der Waals surface area contributed by atoms with E-state index in [1.165, 1.54) is 6.07 Å². The smallest absolute Gasteiger partial charge is 0.294 e. The van der Waals surface area contributed by atoms with Crippen molar-refractivity contribution < 1.29 is 14.4 Å². The lowest BCUT2D eigenvalue weighted by molar-refractivity contribution is -0.384. The van der Waals surface area contributed by atoms with E-state index in [0.29, 0.717) is 17.1 Å². The summed E-state index contributed by atoms with van der Waals surface area (Å²) in [5, 5.41) is 10.9. The minimum Gasteiger partial charge on any atom is -0.497 e. The number of hydrogen-bond donors (Lipinski definition) is 2. The van der Waals surface area contributed by atoms with Gasteiger partial charge in [0.25, 0.3) is 5.69 Å². The molecule has 0 radical (unpaired) electrons. The molecule has 2 rings (SSSR count). The Kier molecular flexibility index (Phi) is 4.57. The van der Waals surface area contributed by atoms with Gasteiger partial charge in [0.1, 0.15) is 23.8 Å². The summed E-state index contributed by atoms with van der Waals surface area (Å²) in [5.74, 6) is 6.54. The Hall–Kier alpha value is -2.80. The standard InChI is InChI=1S/C14H15N3O4/c1-20-11-3-2-4-12(8-11)21-9-10-5-6-13(16-15)14(7-10)17(18)19/h2-8,16H,9,15H2,1H3. The minimum atomic E-state index is -0.496. The van der Waals surface area contributed by atoms with Crippen molar-refractivity contribution in [2.24, 2.45) is 5.84 Å². The molecule has 0 aliphatic rings. The molecule has 0 aliphatic heterocycles. The molecule has 7 heteroatoms. The average Bonchev–Trinajstić information content (AvgIpc) is 2.52. The van der Waals surface area contributed by atoms with Gasteiger partial charge in [-0.15, -0.1) is 0 Å². The number of anilines is 1. The van der Waals surface area contributed by atoms with Crippen molar-refractivity contribution in [3.8, 4) is 11.5 Å². The van der Waals surface area contributed by atoms with Crippen LogP contribution in [0.5, 0.6) is 11.5 Å². The number of rotatable bonds is 6. The van der Waals surface area contributed by atoms with Crippen molar-refractivity contribution in [3.63, 3.8) is 0 Å². The molecular weight excluding hydrogens is 274 g/mol. The zero-order chi connectivity index (χ0) is 15.2. The Morgan fingerprint density at radius 2 is 2.00 bits per heavy atom. The maximum absolute atomic E-state index is 10.9. The highest BCUT2D eigenvalue weighted by Crippen LogP contribution is 2.26. The first-order chi connectivity index (χ1) is 10.1. The predicted molar refractivity (Wildman–Crippen MR) is 78.2 cm³/mol. The third-order valence-electron chi connectivity index (χ3n) is 2.86. The van der Waals surface area contributed by atoms with Gasteiger partial charge in [0.15, 0.2) is 0 Å². The van der Waals surface area contributed by atoms with E-state index in [2.05, 4.69) is 5.43 Å². The van der Waals surface area contributed by atoms with Gasteiger partial charge in [-0.1, -0.05) is 12.1 Å². The maximum atomic E-state index is 10.9. The Balaban J connectivity index is 2.12. The topological polar surface area (TPSA) is 99.7 Å². The van der Waals surface area contributed by atoms with Crippen LogP contribution < -0.4 is 20.7 Å². The molecular formula is C14H15N3O4. The van der Waals surface area contributed by atoms with Gasteiger partial charge in [0.05, 0.1) is 12.0 Å². The van der Waals surface area contributed by atoms with E-state index in [4.69, 9.17) is 15.3 Å². The highest BCUT2D eigenvalue weighted by molar-refractivity contribution is 5.61. The Labute approximate surface area is 121 Å². The molecule has 110 valence electrons. The molecule has 7 nitrogen and oxygen atoms in total. The summed E-state index contributed by atoms with van der Waals surface area (Å²) in [6.07, 6.45) is 0. The second-order valence-corrected chi connectivity index (χ2v) is 4.22.